The zero-order valence-electron chi connectivity index (χ0n) is 21.0. The molecule has 1 saturated carbocycles. The molecular formula is C25H29Cl2N3O5S2. The van der Waals surface area contributed by atoms with Crippen LogP contribution in [0.5, 0.6) is 0 Å². The number of carbonyl (C=O) groups excluding carboxylic acids is 1. The third-order valence-electron chi connectivity index (χ3n) is 6.12. The van der Waals surface area contributed by atoms with Crippen molar-refractivity contribution < 1.29 is 22.5 Å². The van der Waals surface area contributed by atoms with E-state index in [0.29, 0.717) is 40.8 Å². The SMILES string of the molecule is CC(C)NS(=O)(=O)c1ccc(-c2sc(-c3cc(CC(C)(C)OC=O)on3)nc2CC2CCC2)c(Cl)c1Cl. The average Bonchev–Trinajstić information content (AvgIpc) is 3.38. The van der Waals surface area contributed by atoms with Gasteiger partial charge in [0.05, 0.1) is 20.6 Å². The van der Waals surface area contributed by atoms with Gasteiger partial charge in [-0.2, -0.15) is 0 Å². The number of rotatable bonds is 11. The van der Waals surface area contributed by atoms with Gasteiger partial charge in [0.2, 0.25) is 10.0 Å². The lowest BCUT2D eigenvalue weighted by atomic mass is 9.82. The number of benzene rings is 1. The van der Waals surface area contributed by atoms with Crippen LogP contribution >= 0.6 is 34.5 Å². The fourth-order valence-corrected chi connectivity index (χ4v) is 7.41. The van der Waals surface area contributed by atoms with Crippen LogP contribution in [0.1, 0.15) is 58.4 Å². The molecule has 0 spiro atoms. The molecule has 1 N–H and O–H groups in total. The number of nitrogens with one attached hydrogen (secondary N) is 1. The number of nitrogens with zero attached hydrogens (tertiary/aromatic N) is 2. The Hall–Kier alpha value is -1.98. The second-order valence-corrected chi connectivity index (χ2v) is 13.6. The molecule has 2 aromatic heterocycles. The fourth-order valence-electron chi connectivity index (χ4n) is 4.16. The number of halogens is 2. The van der Waals surface area contributed by atoms with Crippen molar-refractivity contribution in [3.63, 3.8) is 0 Å². The standard InChI is InChI=1S/C25H29Cl2N3O5S2/c1-14(2)30-37(32,33)20-9-8-17(21(26)22(20)27)23-18(10-15-6-5-7-15)28-24(36-23)19-11-16(35-29-19)12-25(3,4)34-13-31/h8-9,11,13-15,30H,5-7,10,12H2,1-4H3. The first-order valence-electron chi connectivity index (χ1n) is 12.0. The van der Waals surface area contributed by atoms with E-state index in [4.69, 9.17) is 37.4 Å². The predicted molar refractivity (Wildman–Crippen MR) is 145 cm³/mol. The molecule has 0 atom stereocenters. The van der Waals surface area contributed by atoms with Crippen LogP contribution in [0.2, 0.25) is 10.0 Å². The molecule has 37 heavy (non-hydrogen) atoms. The molecule has 1 fully saturated rings. The van der Waals surface area contributed by atoms with Crippen molar-refractivity contribution >= 4 is 51.0 Å². The maximum atomic E-state index is 12.7. The predicted octanol–water partition coefficient (Wildman–Crippen LogP) is 6.30. The first kappa shape index (κ1) is 28.0. The zero-order chi connectivity index (χ0) is 27.0. The summed E-state index contributed by atoms with van der Waals surface area (Å²) in [7, 11) is -3.82. The van der Waals surface area contributed by atoms with Crippen molar-refractivity contribution in [3.05, 3.63) is 39.7 Å². The summed E-state index contributed by atoms with van der Waals surface area (Å²) in [5.74, 6) is 1.10. The molecule has 0 saturated heterocycles. The molecular weight excluding hydrogens is 557 g/mol. The van der Waals surface area contributed by atoms with Gasteiger partial charge in [-0.3, -0.25) is 4.79 Å². The highest BCUT2D eigenvalue weighted by Gasteiger charge is 2.28. The van der Waals surface area contributed by atoms with Gasteiger partial charge >= 0.3 is 0 Å². The Balaban J connectivity index is 1.72. The van der Waals surface area contributed by atoms with E-state index in [-0.39, 0.29) is 21.0 Å². The number of hydrogen-bond acceptors (Lipinski definition) is 8. The summed E-state index contributed by atoms with van der Waals surface area (Å²) in [6, 6.07) is 4.65. The molecule has 0 unspecified atom stereocenters. The minimum Gasteiger partial charge on any atom is -0.461 e. The summed E-state index contributed by atoms with van der Waals surface area (Å²) in [4.78, 5) is 16.4. The Morgan fingerprint density at radius 3 is 2.62 bits per heavy atom. The topological polar surface area (TPSA) is 111 Å². The Labute approximate surface area is 230 Å². The summed E-state index contributed by atoms with van der Waals surface area (Å²) in [5.41, 5.74) is 1.31. The first-order valence-corrected chi connectivity index (χ1v) is 15.0. The summed E-state index contributed by atoms with van der Waals surface area (Å²) in [5, 5.41) is 4.97. The molecule has 8 nitrogen and oxygen atoms in total. The quantitative estimate of drug-likeness (QED) is 0.263. The van der Waals surface area contributed by atoms with Crippen molar-refractivity contribution in [2.75, 3.05) is 0 Å². The van der Waals surface area contributed by atoms with Gasteiger partial charge in [0.25, 0.3) is 6.47 Å². The second-order valence-electron chi connectivity index (χ2n) is 10.1. The first-order chi connectivity index (χ1) is 17.4. The van der Waals surface area contributed by atoms with Crippen molar-refractivity contribution in [2.24, 2.45) is 5.92 Å². The highest BCUT2D eigenvalue weighted by molar-refractivity contribution is 7.89. The van der Waals surface area contributed by atoms with E-state index >= 15 is 0 Å². The normalized spacial score (nSPS) is 14.7. The van der Waals surface area contributed by atoms with Gasteiger partial charge in [0, 0.05) is 24.1 Å². The maximum absolute atomic E-state index is 12.7. The fraction of sp³-hybridized carbons (Fsp3) is 0.480. The van der Waals surface area contributed by atoms with Crippen LogP contribution in [-0.2, 0) is 32.4 Å². The minimum atomic E-state index is -3.82. The molecule has 12 heteroatoms. The molecule has 200 valence electrons. The van der Waals surface area contributed by atoms with Crippen LogP contribution in [-0.4, -0.2) is 36.7 Å². The molecule has 1 aliphatic rings. The molecule has 0 amide bonds. The summed E-state index contributed by atoms with van der Waals surface area (Å²) in [6.45, 7) is 7.46. The van der Waals surface area contributed by atoms with E-state index in [9.17, 15) is 13.2 Å². The number of ether oxygens (including phenoxy) is 1. The van der Waals surface area contributed by atoms with Gasteiger partial charge in [0.1, 0.15) is 27.0 Å². The molecule has 0 radical (unpaired) electrons. The highest BCUT2D eigenvalue weighted by atomic mass is 35.5. The number of sulfonamides is 1. The average molecular weight is 587 g/mol. The number of aromatic nitrogens is 2. The Morgan fingerprint density at radius 1 is 1.27 bits per heavy atom. The van der Waals surface area contributed by atoms with Crippen LogP contribution in [0.4, 0.5) is 0 Å². The van der Waals surface area contributed by atoms with Crippen molar-refractivity contribution in [1.82, 2.24) is 14.9 Å². The van der Waals surface area contributed by atoms with Gasteiger partial charge in [-0.15, -0.1) is 11.3 Å². The zero-order valence-corrected chi connectivity index (χ0v) is 24.2. The second kappa shape index (κ2) is 11.0. The highest BCUT2D eigenvalue weighted by Crippen LogP contribution is 2.44. The van der Waals surface area contributed by atoms with E-state index in [1.807, 2.05) is 0 Å². The number of carbonyl (C=O) groups is 1. The van der Waals surface area contributed by atoms with Gasteiger partial charge < -0.3 is 9.26 Å². The van der Waals surface area contributed by atoms with Gasteiger partial charge in [0.15, 0.2) is 0 Å². The molecule has 4 rings (SSSR count). The lowest BCUT2D eigenvalue weighted by Gasteiger charge is -2.24. The van der Waals surface area contributed by atoms with E-state index in [0.717, 1.165) is 29.8 Å². The Bertz CT molecular complexity index is 1400. The van der Waals surface area contributed by atoms with Crippen molar-refractivity contribution in [1.29, 1.82) is 0 Å². The Morgan fingerprint density at radius 2 is 2.00 bits per heavy atom. The van der Waals surface area contributed by atoms with Crippen LogP contribution in [0.15, 0.2) is 27.6 Å². The Kier molecular flexibility index (Phi) is 8.35. The van der Waals surface area contributed by atoms with Gasteiger partial charge in [-0.05, 0) is 46.1 Å². The van der Waals surface area contributed by atoms with Gasteiger partial charge in [-0.1, -0.05) is 53.7 Å². The number of thiazole rings is 1. The van der Waals surface area contributed by atoms with Gasteiger partial charge in [-0.25, -0.2) is 18.1 Å². The smallest absolute Gasteiger partial charge is 0.293 e. The third kappa shape index (κ3) is 6.37. The maximum Gasteiger partial charge on any atom is 0.293 e. The molecule has 1 aromatic carbocycles. The van der Waals surface area contributed by atoms with Crippen LogP contribution in [0.3, 0.4) is 0 Å². The third-order valence-corrected chi connectivity index (χ3v) is 9.97. The van der Waals surface area contributed by atoms with Crippen LogP contribution in [0, 0.1) is 5.92 Å². The molecule has 0 bridgehead atoms. The summed E-state index contributed by atoms with van der Waals surface area (Å²) < 4.78 is 38.6. The van der Waals surface area contributed by atoms with Crippen LogP contribution in [0.25, 0.3) is 21.1 Å². The molecule has 1 aliphatic carbocycles. The van der Waals surface area contributed by atoms with E-state index < -0.39 is 15.6 Å². The minimum absolute atomic E-state index is 0.0296. The molecule has 0 aliphatic heterocycles. The largest absolute Gasteiger partial charge is 0.461 e. The van der Waals surface area contributed by atoms with E-state index in [1.54, 1.807) is 39.8 Å². The van der Waals surface area contributed by atoms with Crippen molar-refractivity contribution in [2.45, 2.75) is 76.3 Å². The lowest BCUT2D eigenvalue weighted by Crippen LogP contribution is -2.30. The van der Waals surface area contributed by atoms with Crippen LogP contribution < -0.4 is 4.72 Å². The lowest BCUT2D eigenvalue weighted by molar-refractivity contribution is -0.140. The molecule has 3 aromatic rings. The number of hydrogen-bond donors (Lipinski definition) is 1. The van der Waals surface area contributed by atoms with E-state index in [1.165, 1.54) is 23.8 Å². The monoisotopic (exact) mass is 585 g/mol. The molecule has 2 heterocycles. The van der Waals surface area contributed by atoms with E-state index in [2.05, 4.69) is 9.88 Å². The summed E-state index contributed by atoms with van der Waals surface area (Å²) in [6.07, 6.45) is 4.61. The summed E-state index contributed by atoms with van der Waals surface area (Å²) >= 11 is 14.6. The van der Waals surface area contributed by atoms with Crippen molar-refractivity contribution in [3.8, 4) is 21.1 Å².